The predicted molar refractivity (Wildman–Crippen MR) is 71.6 cm³/mol. The first kappa shape index (κ1) is 14.3. The first-order chi connectivity index (χ1) is 9.13. The van der Waals surface area contributed by atoms with Crippen molar-refractivity contribution in [2.45, 2.75) is 51.2 Å². The Bertz CT molecular complexity index is 346. The number of methoxy groups -OCH3 is 1. The van der Waals surface area contributed by atoms with Crippen LogP contribution >= 0.6 is 0 Å². The molecular formula is C14H24N2O3. The largest absolute Gasteiger partial charge is 0.381 e. The number of nitrogens with zero attached hydrogens (tertiary/aromatic N) is 1. The minimum absolute atomic E-state index is 0.00514. The molecular weight excluding hydrogens is 244 g/mol. The molecule has 0 spiro atoms. The molecule has 2 rings (SSSR count). The van der Waals surface area contributed by atoms with Crippen LogP contribution in [-0.4, -0.2) is 49.1 Å². The van der Waals surface area contributed by atoms with Gasteiger partial charge in [-0.1, -0.05) is 6.42 Å². The van der Waals surface area contributed by atoms with Crippen molar-refractivity contribution in [3.05, 3.63) is 0 Å². The Kier molecular flexibility index (Phi) is 4.80. The van der Waals surface area contributed by atoms with Crippen LogP contribution in [0.3, 0.4) is 0 Å². The lowest BCUT2D eigenvalue weighted by molar-refractivity contribution is -0.137. The van der Waals surface area contributed by atoms with Crippen molar-refractivity contribution >= 4 is 11.8 Å². The topological polar surface area (TPSA) is 58.6 Å². The molecule has 5 heteroatoms. The zero-order valence-electron chi connectivity index (χ0n) is 11.9. The molecule has 0 aromatic carbocycles. The number of nitrogens with one attached hydrogen (secondary N) is 1. The highest BCUT2D eigenvalue weighted by atomic mass is 16.5. The van der Waals surface area contributed by atoms with E-state index in [1.54, 1.807) is 12.0 Å². The van der Waals surface area contributed by atoms with Gasteiger partial charge in [0.25, 0.3) is 0 Å². The molecule has 1 aliphatic carbocycles. The van der Waals surface area contributed by atoms with Crippen molar-refractivity contribution in [3.63, 3.8) is 0 Å². The van der Waals surface area contributed by atoms with E-state index in [1.165, 1.54) is 13.3 Å². The maximum Gasteiger partial charge on any atom is 0.242 e. The molecule has 0 aromatic rings. The third kappa shape index (κ3) is 3.26. The highest BCUT2D eigenvalue weighted by Crippen LogP contribution is 2.27. The van der Waals surface area contributed by atoms with Crippen LogP contribution in [0.2, 0.25) is 0 Å². The van der Waals surface area contributed by atoms with E-state index in [2.05, 4.69) is 5.32 Å². The highest BCUT2D eigenvalue weighted by Gasteiger charge is 2.33. The Morgan fingerprint density at radius 1 is 1.26 bits per heavy atom. The number of hydrogen-bond donors (Lipinski definition) is 1. The van der Waals surface area contributed by atoms with Crippen molar-refractivity contribution in [2.24, 2.45) is 5.92 Å². The van der Waals surface area contributed by atoms with Gasteiger partial charge < -0.3 is 15.0 Å². The number of carbonyl (C=O) groups is 2. The second-order valence-electron chi connectivity index (χ2n) is 5.58. The van der Waals surface area contributed by atoms with Gasteiger partial charge >= 0.3 is 0 Å². The Labute approximate surface area is 114 Å². The van der Waals surface area contributed by atoms with Crippen LogP contribution in [0.1, 0.15) is 39.0 Å². The maximum absolute atomic E-state index is 12.2. The van der Waals surface area contributed by atoms with Gasteiger partial charge in [0.1, 0.15) is 6.04 Å². The molecule has 1 aliphatic heterocycles. The van der Waals surface area contributed by atoms with E-state index < -0.39 is 0 Å². The normalized spacial score (nSPS) is 30.6. The Balaban J connectivity index is 1.82. The lowest BCUT2D eigenvalue weighted by Crippen LogP contribution is -2.46. The molecule has 2 aliphatic rings. The number of hydrogen-bond acceptors (Lipinski definition) is 3. The zero-order chi connectivity index (χ0) is 13.8. The summed E-state index contributed by atoms with van der Waals surface area (Å²) in [5.41, 5.74) is 0. The molecule has 0 bridgehead atoms. The van der Waals surface area contributed by atoms with Gasteiger partial charge in [0, 0.05) is 33.0 Å². The Hall–Kier alpha value is -1.10. The standard InChI is InChI=1S/C14H24N2O3/c1-10(17)16-8-4-6-12(16)14(18)15-9-11-5-3-7-13(11)19-2/h11-13H,3-9H2,1-2H3,(H,15,18). The van der Waals surface area contributed by atoms with Gasteiger partial charge in [0.05, 0.1) is 6.10 Å². The summed E-state index contributed by atoms with van der Waals surface area (Å²) in [5.74, 6) is 0.406. The predicted octanol–water partition coefficient (Wildman–Crippen LogP) is 0.929. The smallest absolute Gasteiger partial charge is 0.242 e. The molecule has 1 saturated heterocycles. The summed E-state index contributed by atoms with van der Waals surface area (Å²) >= 11 is 0. The first-order valence-corrected chi connectivity index (χ1v) is 7.21. The third-order valence-electron chi connectivity index (χ3n) is 4.39. The number of carbonyl (C=O) groups excluding carboxylic acids is 2. The Morgan fingerprint density at radius 2 is 2.05 bits per heavy atom. The molecule has 3 unspecified atom stereocenters. The quantitative estimate of drug-likeness (QED) is 0.825. The van der Waals surface area contributed by atoms with E-state index in [0.29, 0.717) is 19.0 Å². The average Bonchev–Trinajstić information content (AvgIpc) is 3.04. The highest BCUT2D eigenvalue weighted by molar-refractivity contribution is 5.87. The summed E-state index contributed by atoms with van der Waals surface area (Å²) in [7, 11) is 1.74. The summed E-state index contributed by atoms with van der Waals surface area (Å²) in [6.45, 7) is 2.90. The van der Waals surface area contributed by atoms with Gasteiger partial charge in [0.15, 0.2) is 0 Å². The van der Waals surface area contributed by atoms with Crippen LogP contribution in [0.5, 0.6) is 0 Å². The van der Waals surface area contributed by atoms with Gasteiger partial charge in [-0.15, -0.1) is 0 Å². The van der Waals surface area contributed by atoms with Crippen LogP contribution in [0, 0.1) is 5.92 Å². The number of ether oxygens (including phenoxy) is 1. The fraction of sp³-hybridized carbons (Fsp3) is 0.857. The summed E-state index contributed by atoms with van der Waals surface area (Å²) in [6.07, 6.45) is 5.33. The summed E-state index contributed by atoms with van der Waals surface area (Å²) < 4.78 is 5.43. The second kappa shape index (κ2) is 6.37. The summed E-state index contributed by atoms with van der Waals surface area (Å²) in [6, 6.07) is -0.264. The summed E-state index contributed by atoms with van der Waals surface area (Å²) in [5, 5.41) is 3.00. The fourth-order valence-electron chi connectivity index (χ4n) is 3.31. The van der Waals surface area contributed by atoms with E-state index in [4.69, 9.17) is 4.74 Å². The molecule has 19 heavy (non-hydrogen) atoms. The minimum atomic E-state index is -0.264. The Morgan fingerprint density at radius 3 is 2.74 bits per heavy atom. The van der Waals surface area contributed by atoms with Gasteiger partial charge in [-0.25, -0.2) is 0 Å². The summed E-state index contributed by atoms with van der Waals surface area (Å²) in [4.78, 5) is 25.3. The van der Waals surface area contributed by atoms with Crippen molar-refractivity contribution in [1.82, 2.24) is 10.2 Å². The molecule has 2 amide bonds. The van der Waals surface area contributed by atoms with Crippen molar-refractivity contribution in [2.75, 3.05) is 20.2 Å². The van der Waals surface area contributed by atoms with E-state index in [0.717, 1.165) is 25.7 Å². The fourth-order valence-corrected chi connectivity index (χ4v) is 3.31. The van der Waals surface area contributed by atoms with Gasteiger partial charge in [0.2, 0.25) is 11.8 Å². The van der Waals surface area contributed by atoms with E-state index >= 15 is 0 Å². The second-order valence-corrected chi connectivity index (χ2v) is 5.58. The average molecular weight is 268 g/mol. The minimum Gasteiger partial charge on any atom is -0.381 e. The van der Waals surface area contributed by atoms with Crippen LogP contribution in [-0.2, 0) is 14.3 Å². The lowest BCUT2D eigenvalue weighted by atomic mass is 10.1. The van der Waals surface area contributed by atoms with Crippen molar-refractivity contribution in [1.29, 1.82) is 0 Å². The van der Waals surface area contributed by atoms with Crippen LogP contribution in [0.4, 0.5) is 0 Å². The molecule has 0 aromatic heterocycles. The van der Waals surface area contributed by atoms with E-state index in [9.17, 15) is 9.59 Å². The molecule has 2 fully saturated rings. The monoisotopic (exact) mass is 268 g/mol. The number of amides is 2. The molecule has 5 nitrogen and oxygen atoms in total. The van der Waals surface area contributed by atoms with Crippen molar-refractivity contribution < 1.29 is 14.3 Å². The zero-order valence-corrected chi connectivity index (χ0v) is 11.9. The van der Waals surface area contributed by atoms with Gasteiger partial charge in [-0.3, -0.25) is 9.59 Å². The number of rotatable bonds is 4. The maximum atomic E-state index is 12.2. The molecule has 3 atom stereocenters. The molecule has 1 saturated carbocycles. The van der Waals surface area contributed by atoms with E-state index in [-0.39, 0.29) is 24.0 Å². The van der Waals surface area contributed by atoms with Gasteiger partial charge in [-0.05, 0) is 25.7 Å². The number of likely N-dealkylation sites (tertiary alicyclic amines) is 1. The SMILES string of the molecule is COC1CCCC1CNC(=O)C1CCCN1C(C)=O. The first-order valence-electron chi connectivity index (χ1n) is 7.21. The van der Waals surface area contributed by atoms with E-state index in [1.807, 2.05) is 0 Å². The molecule has 1 N–H and O–H groups in total. The lowest BCUT2D eigenvalue weighted by Gasteiger charge is -2.24. The third-order valence-corrected chi connectivity index (χ3v) is 4.39. The van der Waals surface area contributed by atoms with Crippen molar-refractivity contribution in [3.8, 4) is 0 Å². The van der Waals surface area contributed by atoms with Crippen LogP contribution < -0.4 is 5.32 Å². The molecule has 108 valence electrons. The van der Waals surface area contributed by atoms with Gasteiger partial charge in [-0.2, -0.15) is 0 Å². The van der Waals surface area contributed by atoms with Crippen LogP contribution in [0.25, 0.3) is 0 Å². The molecule has 1 heterocycles. The van der Waals surface area contributed by atoms with Crippen LogP contribution in [0.15, 0.2) is 0 Å². The molecule has 0 radical (unpaired) electrons.